The van der Waals surface area contributed by atoms with Crippen molar-refractivity contribution in [2.75, 3.05) is 0 Å². The van der Waals surface area contributed by atoms with Crippen LogP contribution in [0.2, 0.25) is 0 Å². The standard InChI is InChI=1S/C10H8BrN3O2/c11-8-1-2-9(15)7(5-8)6-13-14-10(16)3-4-12/h1-2,5-6,15H,3H2,(H,14,16)/b13-6-. The van der Waals surface area contributed by atoms with Crippen molar-refractivity contribution in [2.45, 2.75) is 6.42 Å². The fourth-order valence-electron chi connectivity index (χ4n) is 0.914. The summed E-state index contributed by atoms with van der Waals surface area (Å²) in [5.74, 6) is -0.435. The molecule has 0 spiro atoms. The molecule has 1 rings (SSSR count). The Morgan fingerprint density at radius 1 is 1.69 bits per heavy atom. The molecule has 6 heteroatoms. The van der Waals surface area contributed by atoms with E-state index in [1.807, 2.05) is 0 Å². The summed E-state index contributed by atoms with van der Waals surface area (Å²) >= 11 is 3.24. The Balaban J connectivity index is 2.66. The van der Waals surface area contributed by atoms with Crippen molar-refractivity contribution in [1.29, 1.82) is 5.26 Å². The third-order valence-corrected chi connectivity index (χ3v) is 2.12. The largest absolute Gasteiger partial charge is 0.507 e. The van der Waals surface area contributed by atoms with Crippen LogP contribution in [-0.4, -0.2) is 17.2 Å². The minimum atomic E-state index is -0.492. The number of benzene rings is 1. The zero-order valence-electron chi connectivity index (χ0n) is 8.14. The molecule has 0 heterocycles. The number of amides is 1. The minimum Gasteiger partial charge on any atom is -0.507 e. The molecule has 16 heavy (non-hydrogen) atoms. The van der Waals surface area contributed by atoms with E-state index in [0.29, 0.717) is 5.56 Å². The number of nitrogens with zero attached hydrogens (tertiary/aromatic N) is 2. The Morgan fingerprint density at radius 3 is 3.12 bits per heavy atom. The summed E-state index contributed by atoms with van der Waals surface area (Å²) in [5, 5.41) is 21.3. The molecule has 1 aromatic rings. The Hall–Kier alpha value is -1.87. The average molecular weight is 282 g/mol. The van der Waals surface area contributed by atoms with E-state index in [1.165, 1.54) is 12.3 Å². The first-order valence-corrected chi connectivity index (χ1v) is 5.10. The fourth-order valence-corrected chi connectivity index (χ4v) is 1.29. The second-order valence-electron chi connectivity index (χ2n) is 2.83. The topological polar surface area (TPSA) is 85.5 Å². The van der Waals surface area contributed by atoms with E-state index >= 15 is 0 Å². The molecule has 0 aromatic heterocycles. The summed E-state index contributed by atoms with van der Waals surface area (Å²) < 4.78 is 0.787. The molecule has 0 aliphatic heterocycles. The summed E-state index contributed by atoms with van der Waals surface area (Å²) in [7, 11) is 0. The van der Waals surface area contributed by atoms with Gasteiger partial charge in [0, 0.05) is 10.0 Å². The molecular weight excluding hydrogens is 274 g/mol. The van der Waals surface area contributed by atoms with Crippen molar-refractivity contribution in [2.24, 2.45) is 5.10 Å². The molecule has 0 aliphatic rings. The fraction of sp³-hybridized carbons (Fsp3) is 0.100. The van der Waals surface area contributed by atoms with Gasteiger partial charge in [-0.25, -0.2) is 5.43 Å². The number of aromatic hydroxyl groups is 1. The van der Waals surface area contributed by atoms with Crippen LogP contribution in [0.25, 0.3) is 0 Å². The molecular formula is C10H8BrN3O2. The molecule has 1 amide bonds. The van der Waals surface area contributed by atoms with Crippen molar-refractivity contribution in [3.05, 3.63) is 28.2 Å². The number of phenolic OH excluding ortho intramolecular Hbond substituents is 1. The Labute approximate surface area is 101 Å². The van der Waals surface area contributed by atoms with Gasteiger partial charge in [0.15, 0.2) is 0 Å². The average Bonchev–Trinajstić information content (AvgIpc) is 2.23. The van der Waals surface area contributed by atoms with Crippen LogP contribution >= 0.6 is 15.9 Å². The molecule has 0 saturated carbocycles. The number of nitrogens with one attached hydrogen (secondary N) is 1. The SMILES string of the molecule is N#CCC(=O)N/N=C\c1cc(Br)ccc1O. The normalized spacial score (nSPS) is 10.0. The predicted octanol–water partition coefficient (Wildman–Crippen LogP) is 1.52. The quantitative estimate of drug-likeness (QED) is 0.651. The summed E-state index contributed by atoms with van der Waals surface area (Å²) in [6, 6.07) is 6.53. The zero-order chi connectivity index (χ0) is 12.0. The first kappa shape index (κ1) is 12.2. The molecule has 5 nitrogen and oxygen atoms in total. The minimum absolute atomic E-state index is 0.0569. The number of nitriles is 1. The van der Waals surface area contributed by atoms with E-state index < -0.39 is 5.91 Å². The van der Waals surface area contributed by atoms with Gasteiger partial charge in [-0.1, -0.05) is 15.9 Å². The van der Waals surface area contributed by atoms with Gasteiger partial charge in [0.1, 0.15) is 12.2 Å². The Bertz CT molecular complexity index is 466. The second kappa shape index (κ2) is 5.88. The van der Waals surface area contributed by atoms with Crippen LogP contribution in [0.15, 0.2) is 27.8 Å². The number of hydrogen-bond acceptors (Lipinski definition) is 4. The van der Waals surface area contributed by atoms with Crippen molar-refractivity contribution >= 4 is 28.1 Å². The maximum Gasteiger partial charge on any atom is 0.254 e. The van der Waals surface area contributed by atoms with E-state index in [1.54, 1.807) is 18.2 Å². The van der Waals surface area contributed by atoms with Crippen LogP contribution in [0.3, 0.4) is 0 Å². The van der Waals surface area contributed by atoms with Gasteiger partial charge in [-0.15, -0.1) is 0 Å². The summed E-state index contributed by atoms with van der Waals surface area (Å²) in [6.45, 7) is 0. The van der Waals surface area contributed by atoms with Crippen molar-refractivity contribution in [3.63, 3.8) is 0 Å². The number of carbonyl (C=O) groups excluding carboxylic acids is 1. The Morgan fingerprint density at radius 2 is 2.44 bits per heavy atom. The van der Waals surface area contributed by atoms with Gasteiger partial charge in [0.05, 0.1) is 12.3 Å². The monoisotopic (exact) mass is 281 g/mol. The molecule has 0 saturated heterocycles. The molecule has 0 unspecified atom stereocenters. The zero-order valence-corrected chi connectivity index (χ0v) is 9.73. The predicted molar refractivity (Wildman–Crippen MR) is 61.8 cm³/mol. The molecule has 1 aromatic carbocycles. The third-order valence-electron chi connectivity index (χ3n) is 1.62. The lowest BCUT2D eigenvalue weighted by atomic mass is 10.2. The number of hydrazone groups is 1. The summed E-state index contributed by atoms with van der Waals surface area (Å²) in [6.07, 6.45) is 1.05. The second-order valence-corrected chi connectivity index (χ2v) is 3.75. The summed E-state index contributed by atoms with van der Waals surface area (Å²) in [4.78, 5) is 10.9. The van der Waals surface area contributed by atoms with E-state index in [9.17, 15) is 9.90 Å². The molecule has 0 radical (unpaired) electrons. The number of rotatable bonds is 3. The highest BCUT2D eigenvalue weighted by molar-refractivity contribution is 9.10. The van der Waals surface area contributed by atoms with E-state index in [0.717, 1.165) is 4.47 Å². The third kappa shape index (κ3) is 3.71. The van der Waals surface area contributed by atoms with E-state index in [-0.39, 0.29) is 12.2 Å². The highest BCUT2D eigenvalue weighted by atomic mass is 79.9. The van der Waals surface area contributed by atoms with Crippen LogP contribution < -0.4 is 5.43 Å². The Kier molecular flexibility index (Phi) is 4.48. The van der Waals surface area contributed by atoms with Gasteiger partial charge in [-0.05, 0) is 18.2 Å². The van der Waals surface area contributed by atoms with Gasteiger partial charge >= 0.3 is 0 Å². The maximum atomic E-state index is 10.9. The molecule has 82 valence electrons. The van der Waals surface area contributed by atoms with Crippen molar-refractivity contribution in [1.82, 2.24) is 5.43 Å². The van der Waals surface area contributed by atoms with Gasteiger partial charge in [0.25, 0.3) is 5.91 Å². The first-order chi connectivity index (χ1) is 7.63. The van der Waals surface area contributed by atoms with Gasteiger partial charge in [-0.2, -0.15) is 10.4 Å². The number of carbonyl (C=O) groups is 1. The molecule has 2 N–H and O–H groups in total. The molecule has 0 bridgehead atoms. The number of hydrogen-bond donors (Lipinski definition) is 2. The smallest absolute Gasteiger partial charge is 0.254 e. The summed E-state index contributed by atoms with van der Waals surface area (Å²) in [5.41, 5.74) is 2.62. The first-order valence-electron chi connectivity index (χ1n) is 4.31. The van der Waals surface area contributed by atoms with Crippen LogP contribution in [0.4, 0.5) is 0 Å². The maximum absolute atomic E-state index is 10.9. The highest BCUT2D eigenvalue weighted by Crippen LogP contribution is 2.19. The van der Waals surface area contributed by atoms with Crippen LogP contribution in [0.1, 0.15) is 12.0 Å². The van der Waals surface area contributed by atoms with Crippen molar-refractivity contribution in [3.8, 4) is 11.8 Å². The van der Waals surface area contributed by atoms with E-state index in [4.69, 9.17) is 5.26 Å². The number of phenols is 1. The molecule has 0 atom stereocenters. The lowest BCUT2D eigenvalue weighted by molar-refractivity contribution is -0.120. The molecule has 0 fully saturated rings. The van der Waals surface area contributed by atoms with Crippen LogP contribution in [0.5, 0.6) is 5.75 Å². The van der Waals surface area contributed by atoms with Gasteiger partial charge in [0.2, 0.25) is 0 Å². The van der Waals surface area contributed by atoms with Gasteiger partial charge < -0.3 is 5.11 Å². The van der Waals surface area contributed by atoms with E-state index in [2.05, 4.69) is 26.5 Å². The highest BCUT2D eigenvalue weighted by Gasteiger charge is 1.99. The van der Waals surface area contributed by atoms with Crippen molar-refractivity contribution < 1.29 is 9.90 Å². The van der Waals surface area contributed by atoms with Gasteiger partial charge in [-0.3, -0.25) is 4.79 Å². The lowest BCUT2D eigenvalue weighted by Gasteiger charge is -1.99. The molecule has 0 aliphatic carbocycles. The number of halogens is 1. The van der Waals surface area contributed by atoms with Crippen LogP contribution in [0, 0.1) is 11.3 Å². The van der Waals surface area contributed by atoms with Crippen LogP contribution in [-0.2, 0) is 4.79 Å². The lowest BCUT2D eigenvalue weighted by Crippen LogP contribution is -2.16.